The molecule has 5 nitrogen and oxygen atoms in total. The molecule has 1 spiro atoms. The molecule has 0 aromatic heterocycles. The summed E-state index contributed by atoms with van der Waals surface area (Å²) in [4.78, 5) is 28.4. The van der Waals surface area contributed by atoms with Crippen molar-refractivity contribution in [2.75, 3.05) is 32.8 Å². The van der Waals surface area contributed by atoms with Crippen molar-refractivity contribution in [2.24, 2.45) is 11.3 Å². The Bertz CT molecular complexity index is 434. The molecule has 3 rings (SSSR count). The Balaban J connectivity index is 1.64. The van der Waals surface area contributed by atoms with Crippen LogP contribution >= 0.6 is 0 Å². The molecule has 5 heteroatoms. The molecule has 2 aliphatic heterocycles. The molecule has 1 saturated carbocycles. The zero-order valence-corrected chi connectivity index (χ0v) is 13.4. The van der Waals surface area contributed by atoms with Crippen LogP contribution in [0.3, 0.4) is 0 Å². The van der Waals surface area contributed by atoms with Crippen molar-refractivity contribution in [2.45, 2.75) is 51.4 Å². The first kappa shape index (κ1) is 15.8. The van der Waals surface area contributed by atoms with E-state index in [9.17, 15) is 9.59 Å². The summed E-state index contributed by atoms with van der Waals surface area (Å²) in [5.41, 5.74) is -0.363. The van der Waals surface area contributed by atoms with Gasteiger partial charge in [0.25, 0.3) is 0 Å². The third-order valence-electron chi connectivity index (χ3n) is 5.87. The lowest BCUT2D eigenvalue weighted by Gasteiger charge is -2.41. The monoisotopic (exact) mass is 308 g/mol. The normalized spacial score (nSPS) is 30.3. The molecule has 0 radical (unpaired) electrons. The van der Waals surface area contributed by atoms with Gasteiger partial charge in [0.15, 0.2) is 0 Å². The van der Waals surface area contributed by atoms with Crippen molar-refractivity contribution in [3.05, 3.63) is 0 Å². The number of amides is 2. The smallest absolute Gasteiger partial charge is 0.248 e. The molecule has 0 bridgehead atoms. The van der Waals surface area contributed by atoms with Crippen LogP contribution in [0, 0.1) is 11.3 Å². The van der Waals surface area contributed by atoms with Gasteiger partial charge in [0, 0.05) is 26.2 Å². The molecule has 3 aliphatic rings. The molecule has 2 saturated heterocycles. The van der Waals surface area contributed by atoms with Gasteiger partial charge in [-0.25, -0.2) is 0 Å². The number of nitrogens with zero attached hydrogens (tertiary/aromatic N) is 2. The Morgan fingerprint density at radius 1 is 1.14 bits per heavy atom. The highest BCUT2D eigenvalue weighted by atomic mass is 16.3. The lowest BCUT2D eigenvalue weighted by atomic mass is 9.77. The molecule has 1 atom stereocenters. The Kier molecular flexibility index (Phi) is 4.71. The van der Waals surface area contributed by atoms with E-state index in [4.69, 9.17) is 5.11 Å². The number of aliphatic hydroxyl groups is 1. The number of likely N-dealkylation sites (tertiary alicyclic amines) is 2. The minimum Gasteiger partial charge on any atom is -0.387 e. The fourth-order valence-electron chi connectivity index (χ4n) is 4.57. The van der Waals surface area contributed by atoms with Gasteiger partial charge < -0.3 is 14.9 Å². The van der Waals surface area contributed by atoms with E-state index in [0.29, 0.717) is 19.0 Å². The van der Waals surface area contributed by atoms with E-state index in [2.05, 4.69) is 4.90 Å². The molecular formula is C17H28N2O3. The van der Waals surface area contributed by atoms with E-state index in [0.717, 1.165) is 32.4 Å². The van der Waals surface area contributed by atoms with Crippen LogP contribution in [-0.2, 0) is 9.59 Å². The van der Waals surface area contributed by atoms with E-state index in [-0.39, 0.29) is 17.2 Å². The summed E-state index contributed by atoms with van der Waals surface area (Å²) >= 11 is 0. The minimum absolute atomic E-state index is 0.242. The second-order valence-corrected chi connectivity index (χ2v) is 7.36. The topological polar surface area (TPSA) is 60.9 Å². The van der Waals surface area contributed by atoms with Crippen molar-refractivity contribution in [1.29, 1.82) is 0 Å². The van der Waals surface area contributed by atoms with E-state index in [1.807, 2.05) is 0 Å². The number of piperidine rings is 1. The van der Waals surface area contributed by atoms with Gasteiger partial charge in [0.2, 0.25) is 11.8 Å². The first-order chi connectivity index (χ1) is 10.6. The molecule has 0 aromatic carbocycles. The highest BCUT2D eigenvalue weighted by molar-refractivity contribution is 5.86. The molecule has 22 heavy (non-hydrogen) atoms. The fourth-order valence-corrected chi connectivity index (χ4v) is 4.57. The van der Waals surface area contributed by atoms with E-state index >= 15 is 0 Å². The van der Waals surface area contributed by atoms with Crippen molar-refractivity contribution >= 4 is 11.8 Å². The van der Waals surface area contributed by atoms with E-state index in [1.54, 1.807) is 4.90 Å². The van der Waals surface area contributed by atoms with E-state index < -0.39 is 6.61 Å². The summed E-state index contributed by atoms with van der Waals surface area (Å²) in [7, 11) is 0. The van der Waals surface area contributed by atoms with Crippen LogP contribution in [0.4, 0.5) is 0 Å². The number of hydrogen-bond acceptors (Lipinski definition) is 3. The van der Waals surface area contributed by atoms with Crippen molar-refractivity contribution in [3.63, 3.8) is 0 Å². The van der Waals surface area contributed by atoms with Crippen molar-refractivity contribution in [1.82, 2.24) is 9.80 Å². The zero-order valence-electron chi connectivity index (χ0n) is 13.4. The number of rotatable bonds is 3. The average Bonchev–Trinajstić information content (AvgIpc) is 2.97. The SMILES string of the molecule is O=C(CO)N1CC[C@@]2(CCCN(CC3CCCCC3)C2=O)C1. The van der Waals surface area contributed by atoms with Crippen LogP contribution in [0.15, 0.2) is 0 Å². The summed E-state index contributed by atoms with van der Waals surface area (Å²) in [6.07, 6.45) is 9.15. The Morgan fingerprint density at radius 3 is 2.64 bits per heavy atom. The number of carbonyl (C=O) groups excluding carboxylic acids is 2. The van der Waals surface area contributed by atoms with Crippen LogP contribution in [0.1, 0.15) is 51.4 Å². The number of aliphatic hydroxyl groups excluding tert-OH is 1. The third-order valence-corrected chi connectivity index (χ3v) is 5.87. The third kappa shape index (κ3) is 3.00. The van der Waals surface area contributed by atoms with Crippen LogP contribution in [0.25, 0.3) is 0 Å². The van der Waals surface area contributed by atoms with Gasteiger partial charge in [-0.2, -0.15) is 0 Å². The maximum atomic E-state index is 13.0. The number of carbonyl (C=O) groups is 2. The summed E-state index contributed by atoms with van der Waals surface area (Å²) in [6.45, 7) is 2.46. The lowest BCUT2D eigenvalue weighted by molar-refractivity contribution is -0.147. The Morgan fingerprint density at radius 2 is 1.91 bits per heavy atom. The maximum absolute atomic E-state index is 13.0. The van der Waals surface area contributed by atoms with Gasteiger partial charge in [0.05, 0.1) is 5.41 Å². The van der Waals surface area contributed by atoms with Crippen LogP contribution in [0.5, 0.6) is 0 Å². The van der Waals surface area contributed by atoms with Gasteiger partial charge in [-0.15, -0.1) is 0 Å². The standard InChI is InChI=1S/C17H28N2O3/c20-12-15(21)19-10-8-17(13-19)7-4-9-18(16(17)22)11-14-5-2-1-3-6-14/h14,20H,1-13H2/t17-/m0/s1. The molecule has 0 aromatic rings. The van der Waals surface area contributed by atoms with E-state index in [1.165, 1.54) is 32.1 Å². The minimum atomic E-state index is -0.448. The van der Waals surface area contributed by atoms with Gasteiger partial charge in [-0.3, -0.25) is 9.59 Å². The second kappa shape index (κ2) is 6.57. The molecule has 3 fully saturated rings. The molecular weight excluding hydrogens is 280 g/mol. The largest absolute Gasteiger partial charge is 0.387 e. The second-order valence-electron chi connectivity index (χ2n) is 7.36. The van der Waals surface area contributed by atoms with Crippen molar-refractivity contribution in [3.8, 4) is 0 Å². The van der Waals surface area contributed by atoms with Gasteiger partial charge in [-0.1, -0.05) is 19.3 Å². The highest BCUT2D eigenvalue weighted by Gasteiger charge is 2.49. The number of hydrogen-bond donors (Lipinski definition) is 1. The molecule has 2 heterocycles. The molecule has 1 N–H and O–H groups in total. The van der Waals surface area contributed by atoms with Crippen LogP contribution < -0.4 is 0 Å². The molecule has 2 amide bonds. The van der Waals surface area contributed by atoms with Gasteiger partial charge in [-0.05, 0) is 38.0 Å². The summed E-state index contributed by atoms with van der Waals surface area (Å²) < 4.78 is 0. The Hall–Kier alpha value is -1.10. The first-order valence-corrected chi connectivity index (χ1v) is 8.83. The molecule has 1 aliphatic carbocycles. The first-order valence-electron chi connectivity index (χ1n) is 8.83. The average molecular weight is 308 g/mol. The van der Waals surface area contributed by atoms with Gasteiger partial charge in [0.1, 0.15) is 6.61 Å². The van der Waals surface area contributed by atoms with Crippen LogP contribution in [0.2, 0.25) is 0 Å². The van der Waals surface area contributed by atoms with Crippen molar-refractivity contribution < 1.29 is 14.7 Å². The molecule has 124 valence electrons. The lowest BCUT2D eigenvalue weighted by Crippen LogP contribution is -2.51. The Labute approximate surface area is 132 Å². The summed E-state index contributed by atoms with van der Waals surface area (Å²) in [5.74, 6) is 0.691. The van der Waals surface area contributed by atoms with Gasteiger partial charge >= 0.3 is 0 Å². The highest BCUT2D eigenvalue weighted by Crippen LogP contribution is 2.40. The summed E-state index contributed by atoms with van der Waals surface area (Å²) in [6, 6.07) is 0. The predicted molar refractivity (Wildman–Crippen MR) is 83.1 cm³/mol. The summed E-state index contributed by atoms with van der Waals surface area (Å²) in [5, 5.41) is 9.03. The predicted octanol–water partition coefficient (Wildman–Crippen LogP) is 1.40. The fraction of sp³-hybridized carbons (Fsp3) is 0.882. The zero-order chi connectivity index (χ0) is 15.6. The quantitative estimate of drug-likeness (QED) is 0.857. The molecule has 0 unspecified atom stereocenters. The van der Waals surface area contributed by atoms with Crippen LogP contribution in [-0.4, -0.2) is 59.5 Å². The maximum Gasteiger partial charge on any atom is 0.248 e.